The second-order valence-corrected chi connectivity index (χ2v) is 5.76. The van der Waals surface area contributed by atoms with Crippen LogP contribution in [0.2, 0.25) is 0 Å². The maximum Gasteiger partial charge on any atom is 0.255 e. The maximum atomic E-state index is 13.6. The number of rotatable bonds is 3. The largest absolute Gasteiger partial charge is 0.340 e. The highest BCUT2D eigenvalue weighted by Gasteiger charge is 2.34. The summed E-state index contributed by atoms with van der Waals surface area (Å²) in [5.74, 6) is -2.59. The fourth-order valence-electron chi connectivity index (χ4n) is 2.70. The standard InChI is InChI=1S/C18H16F2N2O2/c1-11-2-5-13(6-3-11)22-9-8-16(18(22)24)21-17(23)14-10-12(19)4-7-15(14)20/h2-7,10,16H,8-9H2,1H3,(H,21,23)/t16-/m0/s1. The summed E-state index contributed by atoms with van der Waals surface area (Å²) >= 11 is 0. The summed E-state index contributed by atoms with van der Waals surface area (Å²) in [4.78, 5) is 26.1. The van der Waals surface area contributed by atoms with Gasteiger partial charge < -0.3 is 10.2 Å². The van der Waals surface area contributed by atoms with E-state index in [2.05, 4.69) is 5.32 Å². The quantitative estimate of drug-likeness (QED) is 0.941. The molecule has 1 N–H and O–H groups in total. The van der Waals surface area contributed by atoms with Gasteiger partial charge >= 0.3 is 0 Å². The van der Waals surface area contributed by atoms with Crippen molar-refractivity contribution in [3.8, 4) is 0 Å². The Kier molecular flexibility index (Phi) is 4.29. The number of benzene rings is 2. The smallest absolute Gasteiger partial charge is 0.255 e. The molecule has 3 rings (SSSR count). The fraction of sp³-hybridized carbons (Fsp3) is 0.222. The molecule has 2 aromatic rings. The Balaban J connectivity index is 1.72. The molecule has 1 heterocycles. The average Bonchev–Trinajstić information content (AvgIpc) is 2.91. The summed E-state index contributed by atoms with van der Waals surface area (Å²) in [6.07, 6.45) is 0.412. The number of hydrogen-bond acceptors (Lipinski definition) is 2. The second-order valence-electron chi connectivity index (χ2n) is 5.76. The van der Waals surface area contributed by atoms with E-state index in [1.54, 1.807) is 4.90 Å². The Hall–Kier alpha value is -2.76. The van der Waals surface area contributed by atoms with Crippen LogP contribution in [-0.4, -0.2) is 24.4 Å². The van der Waals surface area contributed by atoms with Crippen LogP contribution in [0.15, 0.2) is 42.5 Å². The summed E-state index contributed by atoms with van der Waals surface area (Å²) in [5.41, 5.74) is 1.42. The van der Waals surface area contributed by atoms with E-state index in [-0.39, 0.29) is 5.91 Å². The molecule has 124 valence electrons. The summed E-state index contributed by atoms with van der Waals surface area (Å²) in [6.45, 7) is 2.41. The summed E-state index contributed by atoms with van der Waals surface area (Å²) in [6, 6.07) is 9.37. The minimum Gasteiger partial charge on any atom is -0.340 e. The number of amides is 2. The van der Waals surface area contributed by atoms with Gasteiger partial charge in [0.05, 0.1) is 5.56 Å². The Morgan fingerprint density at radius 1 is 1.17 bits per heavy atom. The minimum atomic E-state index is -0.824. The summed E-state index contributed by atoms with van der Waals surface area (Å²) < 4.78 is 26.8. The molecule has 2 amide bonds. The van der Waals surface area contributed by atoms with Crippen molar-refractivity contribution in [2.75, 3.05) is 11.4 Å². The van der Waals surface area contributed by atoms with Crippen molar-refractivity contribution in [3.05, 3.63) is 65.2 Å². The zero-order valence-electron chi connectivity index (χ0n) is 13.1. The Morgan fingerprint density at radius 2 is 1.88 bits per heavy atom. The van der Waals surface area contributed by atoms with Gasteiger partial charge in [-0.15, -0.1) is 0 Å². The molecule has 0 unspecified atom stereocenters. The highest BCUT2D eigenvalue weighted by atomic mass is 19.1. The van der Waals surface area contributed by atoms with Crippen LogP contribution in [0.4, 0.5) is 14.5 Å². The molecule has 24 heavy (non-hydrogen) atoms. The lowest BCUT2D eigenvalue weighted by molar-refractivity contribution is -0.118. The number of anilines is 1. The molecule has 0 spiro atoms. The molecule has 0 aliphatic carbocycles. The van der Waals surface area contributed by atoms with Crippen molar-refractivity contribution >= 4 is 17.5 Å². The lowest BCUT2D eigenvalue weighted by atomic mass is 10.1. The van der Waals surface area contributed by atoms with E-state index < -0.39 is 29.1 Å². The molecule has 4 nitrogen and oxygen atoms in total. The molecule has 1 aliphatic heterocycles. The van der Waals surface area contributed by atoms with Gasteiger partial charge in [-0.2, -0.15) is 0 Å². The highest BCUT2D eigenvalue weighted by molar-refractivity contribution is 6.04. The van der Waals surface area contributed by atoms with Crippen LogP contribution >= 0.6 is 0 Å². The molecule has 0 bridgehead atoms. The number of nitrogens with one attached hydrogen (secondary N) is 1. The molecule has 1 fully saturated rings. The van der Waals surface area contributed by atoms with Crippen LogP contribution in [0, 0.1) is 18.6 Å². The molecule has 0 aromatic heterocycles. The predicted octanol–water partition coefficient (Wildman–Crippen LogP) is 2.81. The Morgan fingerprint density at radius 3 is 2.58 bits per heavy atom. The maximum absolute atomic E-state index is 13.6. The first-order valence-corrected chi connectivity index (χ1v) is 7.59. The van der Waals surface area contributed by atoms with E-state index in [4.69, 9.17) is 0 Å². The normalized spacial score (nSPS) is 17.2. The van der Waals surface area contributed by atoms with Gasteiger partial charge in [0.25, 0.3) is 5.91 Å². The molecule has 1 saturated heterocycles. The van der Waals surface area contributed by atoms with Gasteiger partial charge in [-0.1, -0.05) is 17.7 Å². The van der Waals surface area contributed by atoms with Gasteiger partial charge in [0, 0.05) is 12.2 Å². The van der Waals surface area contributed by atoms with Crippen molar-refractivity contribution in [1.29, 1.82) is 0 Å². The fourth-order valence-corrected chi connectivity index (χ4v) is 2.70. The zero-order chi connectivity index (χ0) is 17.3. The van der Waals surface area contributed by atoms with Crippen LogP contribution in [-0.2, 0) is 4.79 Å². The SMILES string of the molecule is Cc1ccc(N2CC[C@H](NC(=O)c3cc(F)ccc3F)C2=O)cc1. The number of halogens is 2. The summed E-state index contributed by atoms with van der Waals surface area (Å²) in [7, 11) is 0. The molecule has 6 heteroatoms. The van der Waals surface area contributed by atoms with Gasteiger partial charge in [-0.05, 0) is 43.7 Å². The van der Waals surface area contributed by atoms with Crippen molar-refractivity contribution in [2.45, 2.75) is 19.4 Å². The van der Waals surface area contributed by atoms with Gasteiger partial charge in [0.2, 0.25) is 5.91 Å². The highest BCUT2D eigenvalue weighted by Crippen LogP contribution is 2.22. The van der Waals surface area contributed by atoms with E-state index in [1.807, 2.05) is 31.2 Å². The van der Waals surface area contributed by atoms with Crippen molar-refractivity contribution in [1.82, 2.24) is 5.32 Å². The Labute approximate surface area is 138 Å². The van der Waals surface area contributed by atoms with E-state index in [1.165, 1.54) is 0 Å². The first kappa shape index (κ1) is 16.1. The zero-order valence-corrected chi connectivity index (χ0v) is 13.1. The Bertz CT molecular complexity index is 790. The third-order valence-corrected chi connectivity index (χ3v) is 4.03. The first-order valence-electron chi connectivity index (χ1n) is 7.59. The van der Waals surface area contributed by atoms with Gasteiger partial charge in [0.15, 0.2) is 0 Å². The van der Waals surface area contributed by atoms with Crippen LogP contribution in [0.1, 0.15) is 22.3 Å². The van der Waals surface area contributed by atoms with Crippen molar-refractivity contribution in [3.63, 3.8) is 0 Å². The van der Waals surface area contributed by atoms with Crippen molar-refractivity contribution < 1.29 is 18.4 Å². The van der Waals surface area contributed by atoms with E-state index in [0.29, 0.717) is 13.0 Å². The third-order valence-electron chi connectivity index (χ3n) is 4.03. The van der Waals surface area contributed by atoms with Crippen LogP contribution in [0.25, 0.3) is 0 Å². The lowest BCUT2D eigenvalue weighted by Crippen LogP contribution is -2.41. The first-order chi connectivity index (χ1) is 11.5. The number of hydrogen-bond donors (Lipinski definition) is 1. The summed E-state index contributed by atoms with van der Waals surface area (Å²) in [5, 5.41) is 2.49. The molecule has 0 radical (unpaired) electrons. The lowest BCUT2D eigenvalue weighted by Gasteiger charge is -2.17. The topological polar surface area (TPSA) is 49.4 Å². The molecule has 1 atom stereocenters. The predicted molar refractivity (Wildman–Crippen MR) is 85.8 cm³/mol. The minimum absolute atomic E-state index is 0.260. The van der Waals surface area contributed by atoms with Crippen molar-refractivity contribution in [2.24, 2.45) is 0 Å². The molecular weight excluding hydrogens is 314 g/mol. The third kappa shape index (κ3) is 3.13. The van der Waals surface area contributed by atoms with Gasteiger partial charge in [0.1, 0.15) is 17.7 Å². The van der Waals surface area contributed by atoms with Gasteiger partial charge in [-0.3, -0.25) is 9.59 Å². The van der Waals surface area contributed by atoms with E-state index in [9.17, 15) is 18.4 Å². The number of aryl methyl sites for hydroxylation is 1. The van der Waals surface area contributed by atoms with Crippen LogP contribution in [0.3, 0.4) is 0 Å². The van der Waals surface area contributed by atoms with E-state index in [0.717, 1.165) is 29.4 Å². The number of carbonyl (C=O) groups is 2. The number of carbonyl (C=O) groups excluding carboxylic acids is 2. The molecule has 2 aromatic carbocycles. The molecule has 1 aliphatic rings. The molecular formula is C18H16F2N2O2. The van der Waals surface area contributed by atoms with Crippen LogP contribution < -0.4 is 10.2 Å². The average molecular weight is 330 g/mol. The van der Waals surface area contributed by atoms with Gasteiger partial charge in [-0.25, -0.2) is 8.78 Å². The second kappa shape index (κ2) is 6.39. The molecule has 0 saturated carbocycles. The van der Waals surface area contributed by atoms with E-state index >= 15 is 0 Å². The number of nitrogens with zero attached hydrogens (tertiary/aromatic N) is 1. The monoisotopic (exact) mass is 330 g/mol. The van der Waals surface area contributed by atoms with Crippen LogP contribution in [0.5, 0.6) is 0 Å².